The van der Waals surface area contributed by atoms with Crippen LogP contribution < -0.4 is 0 Å². The van der Waals surface area contributed by atoms with Crippen molar-refractivity contribution >= 4 is 5.78 Å². The van der Waals surface area contributed by atoms with Crippen LogP contribution in [-0.2, 0) is 6.42 Å². The lowest BCUT2D eigenvalue weighted by atomic mass is 10.0. The van der Waals surface area contributed by atoms with Crippen LogP contribution in [0.4, 0.5) is 0 Å². The Morgan fingerprint density at radius 3 is 2.61 bits per heavy atom. The number of benzene rings is 1. The van der Waals surface area contributed by atoms with Gasteiger partial charge in [-0.15, -0.1) is 0 Å². The SMILES string of the molecule is CC(=O)c1ccncc1Cc1cnn(-c2ccccc2C)c1C. The number of pyridine rings is 1. The van der Waals surface area contributed by atoms with Gasteiger partial charge in [-0.05, 0) is 49.6 Å². The predicted molar refractivity (Wildman–Crippen MR) is 90.1 cm³/mol. The topological polar surface area (TPSA) is 47.8 Å². The fourth-order valence-corrected chi connectivity index (χ4v) is 2.78. The van der Waals surface area contributed by atoms with Crippen LogP contribution in [0.3, 0.4) is 0 Å². The Morgan fingerprint density at radius 1 is 1.09 bits per heavy atom. The molecular formula is C19H19N3O. The Labute approximate surface area is 135 Å². The number of aryl methyl sites for hydroxylation is 1. The maximum Gasteiger partial charge on any atom is 0.160 e. The number of nitrogens with zero attached hydrogens (tertiary/aromatic N) is 3. The van der Waals surface area contributed by atoms with E-state index in [0.717, 1.165) is 28.1 Å². The van der Waals surface area contributed by atoms with Gasteiger partial charge in [0, 0.05) is 30.1 Å². The first kappa shape index (κ1) is 15.2. The fourth-order valence-electron chi connectivity index (χ4n) is 2.78. The Morgan fingerprint density at radius 2 is 1.87 bits per heavy atom. The van der Waals surface area contributed by atoms with E-state index in [4.69, 9.17) is 0 Å². The van der Waals surface area contributed by atoms with Crippen LogP contribution in [0, 0.1) is 13.8 Å². The molecule has 0 amide bonds. The number of rotatable bonds is 4. The van der Waals surface area contributed by atoms with Gasteiger partial charge in [-0.2, -0.15) is 5.10 Å². The van der Waals surface area contributed by atoms with Crippen molar-refractivity contribution in [2.75, 3.05) is 0 Å². The van der Waals surface area contributed by atoms with E-state index in [1.807, 2.05) is 23.0 Å². The number of para-hydroxylation sites is 1. The molecule has 0 fully saturated rings. The summed E-state index contributed by atoms with van der Waals surface area (Å²) in [5.41, 5.74) is 6.10. The summed E-state index contributed by atoms with van der Waals surface area (Å²) in [6, 6.07) is 9.94. The van der Waals surface area contributed by atoms with E-state index in [2.05, 4.69) is 36.1 Å². The number of hydrogen-bond acceptors (Lipinski definition) is 3. The summed E-state index contributed by atoms with van der Waals surface area (Å²) in [5.74, 6) is 0.0614. The quantitative estimate of drug-likeness (QED) is 0.691. The molecule has 0 spiro atoms. The summed E-state index contributed by atoms with van der Waals surface area (Å²) in [7, 11) is 0. The smallest absolute Gasteiger partial charge is 0.160 e. The first-order valence-electron chi connectivity index (χ1n) is 7.61. The number of aromatic nitrogens is 3. The van der Waals surface area contributed by atoms with Gasteiger partial charge in [-0.25, -0.2) is 4.68 Å². The molecule has 2 aromatic heterocycles. The normalized spacial score (nSPS) is 10.7. The zero-order chi connectivity index (χ0) is 16.4. The van der Waals surface area contributed by atoms with Crippen molar-refractivity contribution in [3.05, 3.63) is 76.9 Å². The molecule has 0 saturated heterocycles. The lowest BCUT2D eigenvalue weighted by Crippen LogP contribution is -2.04. The first-order chi connectivity index (χ1) is 11.1. The third-order valence-electron chi connectivity index (χ3n) is 4.12. The summed E-state index contributed by atoms with van der Waals surface area (Å²) in [6.45, 7) is 5.71. The molecule has 0 aliphatic heterocycles. The van der Waals surface area contributed by atoms with Crippen LogP contribution in [0.2, 0.25) is 0 Å². The lowest BCUT2D eigenvalue weighted by Gasteiger charge is -2.09. The monoisotopic (exact) mass is 305 g/mol. The minimum absolute atomic E-state index is 0.0614. The number of carbonyl (C=O) groups is 1. The summed E-state index contributed by atoms with van der Waals surface area (Å²) in [6.07, 6.45) is 5.95. The summed E-state index contributed by atoms with van der Waals surface area (Å²) in [4.78, 5) is 15.9. The molecule has 2 heterocycles. The minimum atomic E-state index is 0.0614. The average molecular weight is 305 g/mol. The molecule has 0 aliphatic rings. The van der Waals surface area contributed by atoms with E-state index < -0.39 is 0 Å². The Kier molecular flexibility index (Phi) is 4.06. The van der Waals surface area contributed by atoms with Crippen molar-refractivity contribution < 1.29 is 4.79 Å². The largest absolute Gasteiger partial charge is 0.294 e. The van der Waals surface area contributed by atoms with Gasteiger partial charge in [0.15, 0.2) is 5.78 Å². The highest BCUT2D eigenvalue weighted by Gasteiger charge is 2.13. The van der Waals surface area contributed by atoms with E-state index in [0.29, 0.717) is 6.42 Å². The second kappa shape index (κ2) is 6.16. The van der Waals surface area contributed by atoms with Crippen LogP contribution in [0.5, 0.6) is 0 Å². The molecule has 0 bridgehead atoms. The third-order valence-corrected chi connectivity index (χ3v) is 4.12. The fraction of sp³-hybridized carbons (Fsp3) is 0.211. The molecule has 0 N–H and O–H groups in total. The highest BCUT2D eigenvalue weighted by Crippen LogP contribution is 2.21. The summed E-state index contributed by atoms with van der Waals surface area (Å²) >= 11 is 0. The molecule has 4 nitrogen and oxygen atoms in total. The standard InChI is InChI=1S/C19H19N3O/c1-13-6-4-5-7-19(13)22-14(2)16(12-21-22)10-17-11-20-9-8-18(17)15(3)23/h4-9,11-12H,10H2,1-3H3. The zero-order valence-electron chi connectivity index (χ0n) is 13.6. The number of carbonyl (C=O) groups excluding carboxylic acids is 1. The van der Waals surface area contributed by atoms with Gasteiger partial charge >= 0.3 is 0 Å². The molecule has 23 heavy (non-hydrogen) atoms. The third kappa shape index (κ3) is 2.93. The molecule has 1 aromatic carbocycles. The van der Waals surface area contributed by atoms with Crippen molar-refractivity contribution in [3.8, 4) is 5.69 Å². The molecule has 3 rings (SSSR count). The van der Waals surface area contributed by atoms with Gasteiger partial charge in [-0.1, -0.05) is 18.2 Å². The molecule has 0 aliphatic carbocycles. The number of hydrogen-bond donors (Lipinski definition) is 0. The number of Topliss-reactive ketones (excluding diaryl/α,β-unsaturated/α-hetero) is 1. The van der Waals surface area contributed by atoms with Crippen molar-refractivity contribution in [2.45, 2.75) is 27.2 Å². The molecule has 3 aromatic rings. The lowest BCUT2D eigenvalue weighted by molar-refractivity contribution is 0.101. The molecule has 4 heteroatoms. The molecule has 0 radical (unpaired) electrons. The van der Waals surface area contributed by atoms with Crippen molar-refractivity contribution in [1.82, 2.24) is 14.8 Å². The van der Waals surface area contributed by atoms with Crippen molar-refractivity contribution in [1.29, 1.82) is 0 Å². The van der Waals surface area contributed by atoms with Crippen LogP contribution in [-0.4, -0.2) is 20.5 Å². The van der Waals surface area contributed by atoms with Gasteiger partial charge in [0.2, 0.25) is 0 Å². The summed E-state index contributed by atoms with van der Waals surface area (Å²) in [5, 5.41) is 4.53. The van der Waals surface area contributed by atoms with Crippen molar-refractivity contribution in [2.24, 2.45) is 0 Å². The Balaban J connectivity index is 1.98. The van der Waals surface area contributed by atoms with E-state index in [-0.39, 0.29) is 5.78 Å². The minimum Gasteiger partial charge on any atom is -0.294 e. The average Bonchev–Trinajstić information content (AvgIpc) is 2.89. The van der Waals surface area contributed by atoms with Gasteiger partial charge in [0.05, 0.1) is 11.9 Å². The summed E-state index contributed by atoms with van der Waals surface area (Å²) < 4.78 is 1.95. The van der Waals surface area contributed by atoms with E-state index >= 15 is 0 Å². The van der Waals surface area contributed by atoms with Crippen molar-refractivity contribution in [3.63, 3.8) is 0 Å². The molecular weight excluding hydrogens is 286 g/mol. The van der Waals surface area contributed by atoms with Crippen LogP contribution in [0.15, 0.2) is 48.9 Å². The molecule has 0 atom stereocenters. The maximum atomic E-state index is 11.8. The van der Waals surface area contributed by atoms with E-state index in [1.165, 1.54) is 5.56 Å². The molecule has 116 valence electrons. The predicted octanol–water partition coefficient (Wildman–Crippen LogP) is 3.68. The molecule has 0 saturated carbocycles. The van der Waals surface area contributed by atoms with E-state index in [9.17, 15) is 4.79 Å². The highest BCUT2D eigenvalue weighted by molar-refractivity contribution is 5.95. The van der Waals surface area contributed by atoms with Crippen LogP contribution >= 0.6 is 0 Å². The number of ketones is 1. The first-order valence-corrected chi connectivity index (χ1v) is 7.61. The van der Waals surface area contributed by atoms with Crippen LogP contribution in [0.1, 0.15) is 39.7 Å². The zero-order valence-corrected chi connectivity index (χ0v) is 13.6. The second-order valence-corrected chi connectivity index (χ2v) is 5.72. The second-order valence-electron chi connectivity index (χ2n) is 5.72. The van der Waals surface area contributed by atoms with Crippen LogP contribution in [0.25, 0.3) is 5.69 Å². The van der Waals surface area contributed by atoms with Gasteiger partial charge in [0.1, 0.15) is 0 Å². The van der Waals surface area contributed by atoms with Gasteiger partial charge in [-0.3, -0.25) is 9.78 Å². The molecule has 0 unspecified atom stereocenters. The van der Waals surface area contributed by atoms with E-state index in [1.54, 1.807) is 25.4 Å². The van der Waals surface area contributed by atoms with Gasteiger partial charge < -0.3 is 0 Å². The Hall–Kier alpha value is -2.75. The Bertz CT molecular complexity index is 865. The van der Waals surface area contributed by atoms with Gasteiger partial charge in [0.25, 0.3) is 0 Å². The highest BCUT2D eigenvalue weighted by atomic mass is 16.1. The maximum absolute atomic E-state index is 11.8.